The number of halogens is 3. The maximum atomic E-state index is 12.5. The minimum Gasteiger partial charge on any atom is -0.382 e. The van der Waals surface area contributed by atoms with Crippen molar-refractivity contribution in [2.45, 2.75) is 26.1 Å². The van der Waals surface area contributed by atoms with Crippen molar-refractivity contribution < 1.29 is 13.2 Å². The minimum atomic E-state index is -4.33. The molecule has 22 heavy (non-hydrogen) atoms. The van der Waals surface area contributed by atoms with Gasteiger partial charge in [-0.3, -0.25) is 9.98 Å². The molecule has 0 atom stereocenters. The lowest BCUT2D eigenvalue weighted by Crippen LogP contribution is -2.15. The van der Waals surface area contributed by atoms with Crippen LogP contribution in [0, 0.1) is 0 Å². The van der Waals surface area contributed by atoms with Gasteiger partial charge in [-0.2, -0.15) is 13.2 Å². The van der Waals surface area contributed by atoms with E-state index in [0.29, 0.717) is 11.3 Å². The van der Waals surface area contributed by atoms with Crippen LogP contribution >= 0.6 is 0 Å². The second kappa shape index (κ2) is 6.60. The molecule has 2 N–H and O–H groups in total. The van der Waals surface area contributed by atoms with Gasteiger partial charge in [-0.25, -0.2) is 0 Å². The van der Waals surface area contributed by atoms with Gasteiger partial charge in [-0.1, -0.05) is 19.1 Å². The first kappa shape index (κ1) is 16.0. The van der Waals surface area contributed by atoms with E-state index in [-0.39, 0.29) is 12.4 Å². The Morgan fingerprint density at radius 2 is 1.82 bits per heavy atom. The van der Waals surface area contributed by atoms with E-state index in [1.54, 1.807) is 6.20 Å². The predicted molar refractivity (Wildman–Crippen MR) is 79.5 cm³/mol. The lowest BCUT2D eigenvalue weighted by molar-refractivity contribution is -0.137. The smallest absolute Gasteiger partial charge is 0.382 e. The summed E-state index contributed by atoms with van der Waals surface area (Å²) >= 11 is 0. The van der Waals surface area contributed by atoms with Crippen LogP contribution in [0.5, 0.6) is 0 Å². The van der Waals surface area contributed by atoms with Crippen molar-refractivity contribution in [2.24, 2.45) is 10.7 Å². The molecule has 1 aromatic heterocycles. The van der Waals surface area contributed by atoms with Gasteiger partial charge in [-0.15, -0.1) is 0 Å². The molecule has 0 bridgehead atoms. The molecule has 0 aliphatic carbocycles. The molecule has 0 unspecified atom stereocenters. The highest BCUT2D eigenvalue weighted by Gasteiger charge is 2.29. The molecule has 0 aliphatic rings. The van der Waals surface area contributed by atoms with E-state index < -0.39 is 11.7 Å². The summed E-state index contributed by atoms with van der Waals surface area (Å²) in [7, 11) is 0. The Morgan fingerprint density at radius 1 is 1.14 bits per heavy atom. The molecule has 0 saturated carbocycles. The fraction of sp³-hybridized carbons (Fsp3) is 0.250. The Balaban J connectivity index is 2.10. The van der Waals surface area contributed by atoms with Gasteiger partial charge in [0.15, 0.2) is 0 Å². The van der Waals surface area contributed by atoms with Crippen molar-refractivity contribution in [1.82, 2.24) is 4.98 Å². The second-order valence-electron chi connectivity index (χ2n) is 4.80. The van der Waals surface area contributed by atoms with E-state index in [1.165, 1.54) is 12.1 Å². The van der Waals surface area contributed by atoms with Crippen molar-refractivity contribution in [3.63, 3.8) is 0 Å². The lowest BCUT2D eigenvalue weighted by atomic mass is 10.1. The van der Waals surface area contributed by atoms with Crippen LogP contribution in [0.2, 0.25) is 0 Å². The molecular formula is C16H16F3N3. The van der Waals surface area contributed by atoms with Gasteiger partial charge in [0.1, 0.15) is 11.5 Å². The molecule has 1 aromatic carbocycles. The average molecular weight is 307 g/mol. The Morgan fingerprint density at radius 3 is 2.41 bits per heavy atom. The third-order valence-electron chi connectivity index (χ3n) is 3.21. The number of aliphatic imine (C=N–C) groups is 1. The summed E-state index contributed by atoms with van der Waals surface area (Å²) in [5.74, 6) is 0.273. The van der Waals surface area contributed by atoms with E-state index in [2.05, 4.69) is 9.98 Å². The molecule has 0 saturated heterocycles. The second-order valence-corrected chi connectivity index (χ2v) is 4.80. The van der Waals surface area contributed by atoms with Gasteiger partial charge >= 0.3 is 6.18 Å². The summed E-state index contributed by atoms with van der Waals surface area (Å²) in [6, 6.07) is 8.62. The Bertz CT molecular complexity index is 661. The van der Waals surface area contributed by atoms with Crippen LogP contribution < -0.4 is 5.73 Å². The monoisotopic (exact) mass is 307 g/mol. The van der Waals surface area contributed by atoms with Gasteiger partial charge in [0.2, 0.25) is 0 Å². The predicted octanol–water partition coefficient (Wildman–Crippen LogP) is 3.57. The molecule has 0 radical (unpaired) electrons. The number of pyridine rings is 1. The highest BCUT2D eigenvalue weighted by Crippen LogP contribution is 2.29. The third kappa shape index (κ3) is 4.07. The van der Waals surface area contributed by atoms with Crippen molar-refractivity contribution in [3.8, 4) is 0 Å². The SMILES string of the molecule is CCc1ccnc(C(N)=NCc2ccc(C(F)(F)F)cc2)c1. The highest BCUT2D eigenvalue weighted by atomic mass is 19.4. The van der Waals surface area contributed by atoms with Crippen molar-refractivity contribution >= 4 is 5.84 Å². The van der Waals surface area contributed by atoms with Gasteiger partial charge < -0.3 is 5.73 Å². The molecular weight excluding hydrogens is 291 g/mol. The Labute approximate surface area is 126 Å². The Kier molecular flexibility index (Phi) is 4.80. The number of rotatable bonds is 4. The number of aromatic nitrogens is 1. The zero-order valence-corrected chi connectivity index (χ0v) is 12.1. The van der Waals surface area contributed by atoms with Crippen LogP contribution in [0.3, 0.4) is 0 Å². The fourth-order valence-electron chi connectivity index (χ4n) is 1.89. The number of nitrogens with zero attached hydrogens (tertiary/aromatic N) is 2. The van der Waals surface area contributed by atoms with Crippen LogP contribution in [-0.2, 0) is 19.1 Å². The van der Waals surface area contributed by atoms with Gasteiger partial charge in [0, 0.05) is 6.20 Å². The summed E-state index contributed by atoms with van der Waals surface area (Å²) in [5.41, 5.74) is 7.52. The molecule has 1 heterocycles. The first-order valence-corrected chi connectivity index (χ1v) is 6.81. The van der Waals surface area contributed by atoms with E-state index in [4.69, 9.17) is 5.73 Å². The van der Waals surface area contributed by atoms with Crippen molar-refractivity contribution in [1.29, 1.82) is 0 Å². The molecule has 2 rings (SSSR count). The number of alkyl halides is 3. The Hall–Kier alpha value is -2.37. The van der Waals surface area contributed by atoms with Gasteiger partial charge in [0.25, 0.3) is 0 Å². The van der Waals surface area contributed by atoms with E-state index in [9.17, 15) is 13.2 Å². The molecule has 6 heteroatoms. The van der Waals surface area contributed by atoms with Crippen LogP contribution in [0.25, 0.3) is 0 Å². The van der Waals surface area contributed by atoms with Crippen molar-refractivity contribution in [2.75, 3.05) is 0 Å². The minimum absolute atomic E-state index is 0.210. The lowest BCUT2D eigenvalue weighted by Gasteiger charge is -2.07. The maximum Gasteiger partial charge on any atom is 0.416 e. The molecule has 3 nitrogen and oxygen atoms in total. The molecule has 0 amide bonds. The quantitative estimate of drug-likeness (QED) is 0.693. The zero-order valence-electron chi connectivity index (χ0n) is 12.1. The summed E-state index contributed by atoms with van der Waals surface area (Å²) in [5, 5.41) is 0. The number of benzene rings is 1. The largest absolute Gasteiger partial charge is 0.416 e. The van der Waals surface area contributed by atoms with E-state index >= 15 is 0 Å². The zero-order chi connectivity index (χ0) is 16.2. The summed E-state index contributed by atoms with van der Waals surface area (Å²) < 4.78 is 37.4. The van der Waals surface area contributed by atoms with Gasteiger partial charge in [-0.05, 0) is 41.8 Å². The van der Waals surface area contributed by atoms with Crippen LogP contribution in [-0.4, -0.2) is 10.8 Å². The molecule has 0 spiro atoms. The topological polar surface area (TPSA) is 51.3 Å². The fourth-order valence-corrected chi connectivity index (χ4v) is 1.89. The van der Waals surface area contributed by atoms with Crippen LogP contribution in [0.1, 0.15) is 29.3 Å². The average Bonchev–Trinajstić information content (AvgIpc) is 2.52. The third-order valence-corrected chi connectivity index (χ3v) is 3.21. The number of nitrogens with two attached hydrogens (primary N) is 1. The van der Waals surface area contributed by atoms with E-state index in [1.807, 2.05) is 19.1 Å². The number of hydrogen-bond donors (Lipinski definition) is 1. The van der Waals surface area contributed by atoms with Gasteiger partial charge in [0.05, 0.1) is 12.1 Å². The first-order chi connectivity index (χ1) is 10.4. The highest BCUT2D eigenvalue weighted by molar-refractivity contribution is 5.95. The number of amidine groups is 1. The van der Waals surface area contributed by atoms with E-state index in [0.717, 1.165) is 24.1 Å². The number of hydrogen-bond acceptors (Lipinski definition) is 2. The van der Waals surface area contributed by atoms with Crippen LogP contribution in [0.15, 0.2) is 47.6 Å². The van der Waals surface area contributed by atoms with Crippen molar-refractivity contribution in [3.05, 3.63) is 65.0 Å². The standard InChI is InChI=1S/C16H16F3N3/c1-2-11-7-8-21-14(9-11)15(20)22-10-12-3-5-13(6-4-12)16(17,18)19/h3-9H,2,10H2,1H3,(H2,20,22). The molecule has 0 fully saturated rings. The summed E-state index contributed by atoms with van der Waals surface area (Å²) in [6.07, 6.45) is -1.80. The molecule has 116 valence electrons. The summed E-state index contributed by atoms with van der Waals surface area (Å²) in [6.45, 7) is 2.23. The normalized spacial score (nSPS) is 12.5. The maximum absolute atomic E-state index is 12.5. The summed E-state index contributed by atoms with van der Waals surface area (Å²) in [4.78, 5) is 8.32. The molecule has 0 aliphatic heterocycles. The molecule has 2 aromatic rings. The number of aryl methyl sites for hydroxylation is 1. The van der Waals surface area contributed by atoms with Crippen LogP contribution in [0.4, 0.5) is 13.2 Å². The first-order valence-electron chi connectivity index (χ1n) is 6.81.